The Morgan fingerprint density at radius 2 is 2.13 bits per heavy atom. The highest BCUT2D eigenvalue weighted by atomic mass is 16.5. The topological polar surface area (TPSA) is 44.1 Å². The van der Waals surface area contributed by atoms with Gasteiger partial charge < -0.3 is 9.30 Å². The first-order valence-corrected chi connectivity index (χ1v) is 4.92. The third-order valence-electron chi connectivity index (χ3n) is 2.30. The summed E-state index contributed by atoms with van der Waals surface area (Å²) in [7, 11) is 3.35. The van der Waals surface area contributed by atoms with Gasteiger partial charge in [0, 0.05) is 26.6 Å². The van der Waals surface area contributed by atoms with E-state index in [1.54, 1.807) is 31.1 Å². The van der Waals surface area contributed by atoms with Crippen LogP contribution in [0.15, 0.2) is 12.4 Å². The lowest BCUT2D eigenvalue weighted by atomic mass is 9.86. The van der Waals surface area contributed by atoms with E-state index in [0.29, 0.717) is 5.82 Å². The number of Topliss-reactive ketones (excluding diaryl/α,β-unsaturated/α-hetero) is 1. The number of aromatic nitrogens is 2. The molecule has 1 atom stereocenters. The summed E-state index contributed by atoms with van der Waals surface area (Å²) < 4.78 is 6.96. The molecular weight excluding hydrogens is 192 g/mol. The molecule has 0 aliphatic carbocycles. The number of rotatable bonds is 3. The van der Waals surface area contributed by atoms with E-state index in [2.05, 4.69) is 4.98 Å². The molecule has 0 bridgehead atoms. The predicted molar refractivity (Wildman–Crippen MR) is 57.8 cm³/mol. The largest absolute Gasteiger partial charge is 0.373 e. The van der Waals surface area contributed by atoms with Crippen LogP contribution in [0, 0.1) is 5.41 Å². The molecule has 0 aliphatic rings. The maximum Gasteiger partial charge on any atom is 0.227 e. The number of carbonyl (C=O) groups excluding carboxylic acids is 1. The van der Waals surface area contributed by atoms with Crippen molar-refractivity contribution in [2.75, 3.05) is 7.11 Å². The van der Waals surface area contributed by atoms with E-state index in [0.717, 1.165) is 0 Å². The first-order chi connectivity index (χ1) is 6.88. The normalized spacial score (nSPS) is 13.9. The summed E-state index contributed by atoms with van der Waals surface area (Å²) in [6.45, 7) is 5.92. The van der Waals surface area contributed by atoms with Crippen molar-refractivity contribution in [1.82, 2.24) is 9.55 Å². The third-order valence-corrected chi connectivity index (χ3v) is 2.30. The van der Waals surface area contributed by atoms with Crippen LogP contribution < -0.4 is 0 Å². The van der Waals surface area contributed by atoms with Gasteiger partial charge >= 0.3 is 0 Å². The maximum absolute atomic E-state index is 12.1. The Kier molecular flexibility index (Phi) is 3.29. The molecule has 0 fully saturated rings. The van der Waals surface area contributed by atoms with Gasteiger partial charge in [-0.05, 0) is 5.41 Å². The lowest BCUT2D eigenvalue weighted by Crippen LogP contribution is -2.37. The van der Waals surface area contributed by atoms with E-state index >= 15 is 0 Å². The molecule has 84 valence electrons. The van der Waals surface area contributed by atoms with Crippen LogP contribution in [0.5, 0.6) is 0 Å². The van der Waals surface area contributed by atoms with Gasteiger partial charge in [-0.3, -0.25) is 4.79 Å². The molecule has 0 radical (unpaired) electrons. The Morgan fingerprint density at radius 3 is 2.47 bits per heavy atom. The molecule has 1 rings (SSSR count). The Morgan fingerprint density at radius 1 is 1.53 bits per heavy atom. The number of ketones is 1. The predicted octanol–water partition coefficient (Wildman–Crippen LogP) is 1.66. The monoisotopic (exact) mass is 210 g/mol. The Bertz CT molecular complexity index is 350. The van der Waals surface area contributed by atoms with Gasteiger partial charge in [-0.1, -0.05) is 20.8 Å². The number of nitrogens with zero attached hydrogens (tertiary/aromatic N) is 2. The average molecular weight is 210 g/mol. The smallest absolute Gasteiger partial charge is 0.227 e. The zero-order chi connectivity index (χ0) is 11.6. The summed E-state index contributed by atoms with van der Waals surface area (Å²) in [6.07, 6.45) is 2.91. The van der Waals surface area contributed by atoms with Gasteiger partial charge in [0.05, 0.1) is 0 Å². The lowest BCUT2D eigenvalue weighted by molar-refractivity contribution is 0.0185. The van der Waals surface area contributed by atoms with Gasteiger partial charge in [0.25, 0.3) is 0 Å². The van der Waals surface area contributed by atoms with E-state index in [-0.39, 0.29) is 11.2 Å². The minimum atomic E-state index is -0.460. The standard InChI is InChI=1S/C11H18N2O2/c1-11(2,3)9(15-5)8(14)10-12-6-7-13(10)4/h6-7,9H,1-5H3. The van der Waals surface area contributed by atoms with E-state index in [1.807, 2.05) is 20.8 Å². The molecule has 4 heteroatoms. The van der Waals surface area contributed by atoms with Crippen molar-refractivity contribution in [3.05, 3.63) is 18.2 Å². The second-order valence-corrected chi connectivity index (χ2v) is 4.71. The first-order valence-electron chi connectivity index (χ1n) is 4.92. The van der Waals surface area contributed by atoms with E-state index in [1.165, 1.54) is 0 Å². The number of carbonyl (C=O) groups is 1. The van der Waals surface area contributed by atoms with Crippen LogP contribution in [0.1, 0.15) is 31.4 Å². The number of ether oxygens (including phenoxy) is 1. The second kappa shape index (κ2) is 4.14. The van der Waals surface area contributed by atoms with Crippen molar-refractivity contribution in [2.45, 2.75) is 26.9 Å². The number of aryl methyl sites for hydroxylation is 1. The average Bonchev–Trinajstić information content (AvgIpc) is 2.49. The Hall–Kier alpha value is -1.16. The summed E-state index contributed by atoms with van der Waals surface area (Å²) in [6, 6.07) is 0. The van der Waals surface area contributed by atoms with Gasteiger partial charge in [0.1, 0.15) is 6.10 Å². The molecule has 0 N–H and O–H groups in total. The molecule has 1 aromatic rings. The molecule has 4 nitrogen and oxygen atoms in total. The van der Waals surface area contributed by atoms with Crippen LogP contribution in [0.25, 0.3) is 0 Å². The van der Waals surface area contributed by atoms with Gasteiger partial charge in [-0.15, -0.1) is 0 Å². The highest BCUT2D eigenvalue weighted by Gasteiger charge is 2.33. The van der Waals surface area contributed by atoms with Crippen molar-refractivity contribution in [3.63, 3.8) is 0 Å². The van der Waals surface area contributed by atoms with Crippen LogP contribution in [0.2, 0.25) is 0 Å². The molecular formula is C11H18N2O2. The van der Waals surface area contributed by atoms with Crippen LogP contribution in [-0.2, 0) is 11.8 Å². The molecule has 0 aromatic carbocycles. The van der Waals surface area contributed by atoms with Crippen molar-refractivity contribution in [3.8, 4) is 0 Å². The van der Waals surface area contributed by atoms with E-state index in [9.17, 15) is 4.79 Å². The minimum absolute atomic E-state index is 0.0718. The summed E-state index contributed by atoms with van der Waals surface area (Å²) in [5.74, 6) is 0.370. The molecule has 0 saturated heterocycles. The van der Waals surface area contributed by atoms with Crippen molar-refractivity contribution in [1.29, 1.82) is 0 Å². The van der Waals surface area contributed by atoms with Crippen molar-refractivity contribution in [2.24, 2.45) is 12.5 Å². The zero-order valence-electron chi connectivity index (χ0n) is 9.94. The fourth-order valence-corrected chi connectivity index (χ4v) is 1.57. The number of imidazole rings is 1. The number of methoxy groups -OCH3 is 1. The fourth-order valence-electron chi connectivity index (χ4n) is 1.57. The first kappa shape index (κ1) is 11.9. The molecule has 0 spiro atoms. The molecule has 0 aliphatic heterocycles. The quantitative estimate of drug-likeness (QED) is 0.713. The van der Waals surface area contributed by atoms with E-state index in [4.69, 9.17) is 4.74 Å². The molecule has 1 unspecified atom stereocenters. The summed E-state index contributed by atoms with van der Waals surface area (Å²) in [5, 5.41) is 0. The summed E-state index contributed by atoms with van der Waals surface area (Å²) >= 11 is 0. The van der Waals surface area contributed by atoms with Gasteiger partial charge in [-0.2, -0.15) is 0 Å². The third kappa shape index (κ3) is 2.45. The number of hydrogen-bond acceptors (Lipinski definition) is 3. The second-order valence-electron chi connectivity index (χ2n) is 4.71. The van der Waals surface area contributed by atoms with Crippen LogP contribution in [0.4, 0.5) is 0 Å². The molecule has 0 saturated carbocycles. The highest BCUT2D eigenvalue weighted by Crippen LogP contribution is 2.24. The van der Waals surface area contributed by atoms with Crippen LogP contribution >= 0.6 is 0 Å². The SMILES string of the molecule is COC(C(=O)c1nccn1C)C(C)(C)C. The van der Waals surface area contributed by atoms with Gasteiger partial charge in [0.15, 0.2) is 5.82 Å². The maximum atomic E-state index is 12.1. The van der Waals surface area contributed by atoms with Crippen molar-refractivity contribution < 1.29 is 9.53 Å². The van der Waals surface area contributed by atoms with Crippen molar-refractivity contribution >= 4 is 5.78 Å². The fraction of sp³-hybridized carbons (Fsp3) is 0.636. The van der Waals surface area contributed by atoms with Crippen LogP contribution in [0.3, 0.4) is 0 Å². The summed E-state index contributed by atoms with van der Waals surface area (Å²) in [5.41, 5.74) is -0.224. The Labute approximate surface area is 90.3 Å². The molecule has 1 heterocycles. The van der Waals surface area contributed by atoms with Gasteiger partial charge in [-0.25, -0.2) is 4.98 Å². The van der Waals surface area contributed by atoms with E-state index < -0.39 is 6.10 Å². The minimum Gasteiger partial charge on any atom is -0.373 e. The van der Waals surface area contributed by atoms with Crippen LogP contribution in [-0.4, -0.2) is 28.5 Å². The highest BCUT2D eigenvalue weighted by molar-refractivity contribution is 5.97. The molecule has 15 heavy (non-hydrogen) atoms. The number of hydrogen-bond donors (Lipinski definition) is 0. The molecule has 0 amide bonds. The lowest BCUT2D eigenvalue weighted by Gasteiger charge is -2.27. The Balaban J connectivity index is 2.98. The zero-order valence-corrected chi connectivity index (χ0v) is 9.94. The van der Waals surface area contributed by atoms with Gasteiger partial charge in [0.2, 0.25) is 5.78 Å². The molecule has 1 aromatic heterocycles. The summed E-state index contributed by atoms with van der Waals surface area (Å²) in [4.78, 5) is 16.1.